The maximum Gasteiger partial charge on any atom is 0.128 e. The van der Waals surface area contributed by atoms with Crippen LogP contribution in [0.15, 0.2) is 53.6 Å². The molecule has 1 aliphatic rings. The van der Waals surface area contributed by atoms with E-state index in [1.165, 1.54) is 10.6 Å². The molecular formula is C13H12N2S. The molecule has 2 aromatic rings. The highest BCUT2D eigenvalue weighted by atomic mass is 32.2. The van der Waals surface area contributed by atoms with Gasteiger partial charge in [-0.2, -0.15) is 0 Å². The molecule has 16 heavy (non-hydrogen) atoms. The van der Waals surface area contributed by atoms with Crippen LogP contribution in [-0.2, 0) is 4.87 Å². The van der Waals surface area contributed by atoms with E-state index in [2.05, 4.69) is 47.6 Å². The third kappa shape index (κ3) is 1.48. The van der Waals surface area contributed by atoms with Crippen molar-refractivity contribution in [1.82, 2.24) is 4.98 Å². The van der Waals surface area contributed by atoms with Crippen LogP contribution in [-0.4, -0.2) is 4.98 Å². The number of benzene rings is 1. The lowest BCUT2D eigenvalue weighted by Gasteiger charge is -2.23. The third-order valence-corrected chi connectivity index (χ3v) is 4.02. The Bertz CT molecular complexity index is 485. The van der Waals surface area contributed by atoms with Gasteiger partial charge >= 0.3 is 0 Å². The van der Waals surface area contributed by atoms with E-state index in [0.29, 0.717) is 0 Å². The highest BCUT2D eigenvalue weighted by Crippen LogP contribution is 2.49. The van der Waals surface area contributed by atoms with Crippen LogP contribution in [0.5, 0.6) is 0 Å². The lowest BCUT2D eigenvalue weighted by atomic mass is 10.2. The first kappa shape index (κ1) is 9.73. The van der Waals surface area contributed by atoms with E-state index in [4.69, 9.17) is 0 Å². The van der Waals surface area contributed by atoms with Crippen molar-refractivity contribution in [3.05, 3.63) is 54.4 Å². The van der Waals surface area contributed by atoms with Crippen LogP contribution in [0.3, 0.4) is 0 Å². The molecule has 1 aromatic heterocycles. The molecule has 3 heteroatoms. The van der Waals surface area contributed by atoms with Gasteiger partial charge in [-0.25, -0.2) is 0 Å². The summed E-state index contributed by atoms with van der Waals surface area (Å²) < 4.78 is 0. The van der Waals surface area contributed by atoms with Crippen molar-refractivity contribution in [2.24, 2.45) is 0 Å². The number of fused-ring (bicyclic) bond motifs is 1. The van der Waals surface area contributed by atoms with Gasteiger partial charge < -0.3 is 5.32 Å². The van der Waals surface area contributed by atoms with Crippen molar-refractivity contribution in [3.8, 4) is 0 Å². The Hall–Kier alpha value is -1.48. The first-order valence-corrected chi connectivity index (χ1v) is 6.07. The topological polar surface area (TPSA) is 24.9 Å². The van der Waals surface area contributed by atoms with Gasteiger partial charge in [0.1, 0.15) is 4.87 Å². The van der Waals surface area contributed by atoms with Crippen molar-refractivity contribution in [1.29, 1.82) is 0 Å². The minimum Gasteiger partial charge on any atom is -0.365 e. The normalized spacial score (nSPS) is 22.6. The Labute approximate surface area is 99.1 Å². The molecule has 1 atom stereocenters. The number of nitrogens with zero attached hydrogens (tertiary/aromatic N) is 1. The van der Waals surface area contributed by atoms with E-state index < -0.39 is 0 Å². The standard InChI is InChI=1S/C13H12N2S/c1-13(12-8-4-5-9-14-12)15-10-6-2-3-7-11(10)16-13/h2-9,15H,1H3. The summed E-state index contributed by atoms with van der Waals surface area (Å²) in [6, 6.07) is 14.4. The lowest BCUT2D eigenvalue weighted by Crippen LogP contribution is -2.24. The summed E-state index contributed by atoms with van der Waals surface area (Å²) in [7, 11) is 0. The number of thioether (sulfide) groups is 1. The van der Waals surface area contributed by atoms with E-state index in [9.17, 15) is 0 Å². The van der Waals surface area contributed by atoms with Gasteiger partial charge in [-0.15, -0.1) is 0 Å². The molecule has 0 amide bonds. The minimum atomic E-state index is -0.148. The second-order valence-corrected chi connectivity index (χ2v) is 5.43. The number of nitrogens with one attached hydrogen (secondary N) is 1. The summed E-state index contributed by atoms with van der Waals surface area (Å²) >= 11 is 1.82. The number of pyridine rings is 1. The molecule has 1 aromatic carbocycles. The Morgan fingerprint density at radius 1 is 1.12 bits per heavy atom. The maximum atomic E-state index is 4.43. The van der Waals surface area contributed by atoms with Gasteiger partial charge in [-0.3, -0.25) is 4.98 Å². The van der Waals surface area contributed by atoms with Crippen molar-refractivity contribution in [2.45, 2.75) is 16.7 Å². The Morgan fingerprint density at radius 3 is 2.69 bits per heavy atom. The van der Waals surface area contributed by atoms with Gasteiger partial charge in [0.05, 0.1) is 5.69 Å². The third-order valence-electron chi connectivity index (χ3n) is 2.73. The summed E-state index contributed by atoms with van der Waals surface area (Å²) in [5, 5.41) is 3.53. The number of aromatic nitrogens is 1. The highest BCUT2D eigenvalue weighted by Gasteiger charge is 2.35. The summed E-state index contributed by atoms with van der Waals surface area (Å²) in [5.74, 6) is 0. The molecule has 0 radical (unpaired) electrons. The SMILES string of the molecule is CC1(c2ccccn2)Nc2ccccc2S1. The zero-order valence-electron chi connectivity index (χ0n) is 8.97. The van der Waals surface area contributed by atoms with Crippen LogP contribution in [0.2, 0.25) is 0 Å². The van der Waals surface area contributed by atoms with Crippen LogP contribution < -0.4 is 5.32 Å². The number of rotatable bonds is 1. The van der Waals surface area contributed by atoms with Crippen LogP contribution in [0.4, 0.5) is 5.69 Å². The van der Waals surface area contributed by atoms with Crippen molar-refractivity contribution >= 4 is 17.4 Å². The molecule has 0 saturated heterocycles. The van der Waals surface area contributed by atoms with Crippen molar-refractivity contribution < 1.29 is 0 Å². The van der Waals surface area contributed by atoms with E-state index >= 15 is 0 Å². The van der Waals surface area contributed by atoms with Crippen LogP contribution in [0.25, 0.3) is 0 Å². The Balaban J connectivity index is 2.01. The molecule has 80 valence electrons. The number of hydrogen-bond acceptors (Lipinski definition) is 3. The molecule has 0 bridgehead atoms. The van der Waals surface area contributed by atoms with Gasteiger partial charge in [0.2, 0.25) is 0 Å². The summed E-state index contributed by atoms with van der Waals surface area (Å²) in [6.45, 7) is 2.17. The molecule has 3 rings (SSSR count). The van der Waals surface area contributed by atoms with Crippen LogP contribution in [0, 0.1) is 0 Å². The number of anilines is 1. The zero-order valence-corrected chi connectivity index (χ0v) is 9.79. The van der Waals surface area contributed by atoms with Gasteiger partial charge in [0.25, 0.3) is 0 Å². The maximum absolute atomic E-state index is 4.43. The van der Waals surface area contributed by atoms with E-state index in [0.717, 1.165) is 5.69 Å². The fourth-order valence-electron chi connectivity index (χ4n) is 1.92. The smallest absolute Gasteiger partial charge is 0.128 e. The molecule has 0 spiro atoms. The van der Waals surface area contributed by atoms with Gasteiger partial charge in [0.15, 0.2) is 0 Å². The second kappa shape index (κ2) is 3.52. The molecule has 0 fully saturated rings. The predicted octanol–water partition coefficient (Wildman–Crippen LogP) is 3.47. The second-order valence-electron chi connectivity index (χ2n) is 3.97. The van der Waals surface area contributed by atoms with Crippen molar-refractivity contribution in [2.75, 3.05) is 5.32 Å². The molecule has 2 nitrogen and oxygen atoms in total. The molecule has 1 unspecified atom stereocenters. The minimum absolute atomic E-state index is 0.148. The Kier molecular flexibility index (Phi) is 2.14. The molecule has 0 aliphatic carbocycles. The van der Waals surface area contributed by atoms with E-state index in [-0.39, 0.29) is 4.87 Å². The van der Waals surface area contributed by atoms with Gasteiger partial charge in [0, 0.05) is 16.8 Å². The average molecular weight is 228 g/mol. The quantitative estimate of drug-likeness (QED) is 0.809. The molecule has 2 heterocycles. The largest absolute Gasteiger partial charge is 0.365 e. The van der Waals surface area contributed by atoms with Gasteiger partial charge in [-0.05, 0) is 31.2 Å². The lowest BCUT2D eigenvalue weighted by molar-refractivity contribution is 0.777. The predicted molar refractivity (Wildman–Crippen MR) is 67.5 cm³/mol. The molecule has 1 aliphatic heterocycles. The summed E-state index contributed by atoms with van der Waals surface area (Å²) in [5.41, 5.74) is 2.26. The fourth-order valence-corrected chi connectivity index (χ4v) is 3.12. The first-order chi connectivity index (χ1) is 7.78. The molecular weight excluding hydrogens is 216 g/mol. The van der Waals surface area contributed by atoms with Crippen molar-refractivity contribution in [3.63, 3.8) is 0 Å². The van der Waals surface area contributed by atoms with Crippen LogP contribution >= 0.6 is 11.8 Å². The summed E-state index contributed by atoms with van der Waals surface area (Å²) in [6.07, 6.45) is 1.84. The van der Waals surface area contributed by atoms with Gasteiger partial charge in [-0.1, -0.05) is 30.0 Å². The molecule has 0 saturated carbocycles. The van der Waals surface area contributed by atoms with E-state index in [1.807, 2.05) is 30.1 Å². The molecule has 1 N–H and O–H groups in total. The number of para-hydroxylation sites is 1. The highest BCUT2D eigenvalue weighted by molar-refractivity contribution is 8.00. The number of hydrogen-bond donors (Lipinski definition) is 1. The van der Waals surface area contributed by atoms with Crippen LogP contribution in [0.1, 0.15) is 12.6 Å². The first-order valence-electron chi connectivity index (χ1n) is 5.26. The summed E-state index contributed by atoms with van der Waals surface area (Å²) in [4.78, 5) is 5.57. The average Bonchev–Trinajstić information content (AvgIpc) is 2.68. The monoisotopic (exact) mass is 228 g/mol. The Morgan fingerprint density at radius 2 is 1.94 bits per heavy atom. The fraction of sp³-hybridized carbons (Fsp3) is 0.154. The zero-order chi connectivity index (χ0) is 11.0. The van der Waals surface area contributed by atoms with E-state index in [1.54, 1.807) is 0 Å².